The molecule has 0 saturated heterocycles. The minimum absolute atomic E-state index is 0.00168. The smallest absolute Gasteiger partial charge is 0.194 e. The van der Waals surface area contributed by atoms with Gasteiger partial charge in [0.25, 0.3) is 0 Å². The van der Waals surface area contributed by atoms with Crippen LogP contribution in [0.4, 0.5) is 4.39 Å². The minimum Gasteiger partial charge on any atom is -0.289 e. The van der Waals surface area contributed by atoms with Gasteiger partial charge in [-0.25, -0.2) is 4.39 Å². The third kappa shape index (κ3) is 2.28. The molecule has 0 fully saturated rings. The van der Waals surface area contributed by atoms with Crippen LogP contribution in [0, 0.1) is 5.82 Å². The number of benzene rings is 2. The molecule has 3 aromatic rings. The van der Waals surface area contributed by atoms with E-state index in [2.05, 4.69) is 4.98 Å². The predicted octanol–water partition coefficient (Wildman–Crippen LogP) is 4.26. The summed E-state index contributed by atoms with van der Waals surface area (Å²) in [7, 11) is 0. The van der Waals surface area contributed by atoms with Crippen LogP contribution in [-0.2, 0) is 0 Å². The highest BCUT2D eigenvalue weighted by atomic mass is 35.5. The van der Waals surface area contributed by atoms with Gasteiger partial charge in [0.15, 0.2) is 5.78 Å². The molecule has 0 aliphatic carbocycles. The normalized spacial score (nSPS) is 10.7. The summed E-state index contributed by atoms with van der Waals surface area (Å²) >= 11 is 5.61. The molecule has 20 heavy (non-hydrogen) atoms. The number of aromatic nitrogens is 1. The highest BCUT2D eigenvalue weighted by molar-refractivity contribution is 6.30. The lowest BCUT2D eigenvalue weighted by Crippen LogP contribution is -2.02. The number of fused-ring (bicyclic) bond motifs is 1. The van der Waals surface area contributed by atoms with Crippen molar-refractivity contribution in [3.63, 3.8) is 0 Å². The number of carbonyl (C=O) groups is 1. The van der Waals surface area contributed by atoms with Crippen LogP contribution >= 0.6 is 11.6 Å². The number of nitrogens with zero attached hydrogens (tertiary/aromatic N) is 1. The van der Waals surface area contributed by atoms with Crippen molar-refractivity contribution in [3.8, 4) is 0 Å². The summed E-state index contributed by atoms with van der Waals surface area (Å²) in [4.78, 5) is 16.5. The van der Waals surface area contributed by atoms with Crippen LogP contribution in [-0.4, -0.2) is 10.8 Å². The average Bonchev–Trinajstić information content (AvgIpc) is 2.49. The molecule has 2 nitrogen and oxygen atoms in total. The van der Waals surface area contributed by atoms with Gasteiger partial charge in [-0.2, -0.15) is 0 Å². The van der Waals surface area contributed by atoms with Gasteiger partial charge in [0.2, 0.25) is 0 Å². The Morgan fingerprint density at radius 1 is 1.05 bits per heavy atom. The Hall–Kier alpha value is -2.26. The maximum absolute atomic E-state index is 13.4. The molecular weight excluding hydrogens is 277 g/mol. The second-order valence-corrected chi connectivity index (χ2v) is 4.78. The molecule has 0 radical (unpaired) electrons. The number of hydrogen-bond acceptors (Lipinski definition) is 2. The number of pyridine rings is 1. The summed E-state index contributed by atoms with van der Waals surface area (Å²) in [6.45, 7) is 0. The first-order valence-electron chi connectivity index (χ1n) is 6.00. The third-order valence-electron chi connectivity index (χ3n) is 3.03. The van der Waals surface area contributed by atoms with Crippen LogP contribution in [0.2, 0.25) is 5.02 Å². The Kier molecular flexibility index (Phi) is 3.20. The maximum Gasteiger partial charge on any atom is 0.194 e. The quantitative estimate of drug-likeness (QED) is 0.659. The molecule has 0 N–H and O–H groups in total. The maximum atomic E-state index is 13.4. The van der Waals surface area contributed by atoms with Gasteiger partial charge in [0.1, 0.15) is 5.82 Å². The Morgan fingerprint density at radius 3 is 2.65 bits per heavy atom. The lowest BCUT2D eigenvalue weighted by molar-refractivity contribution is 0.103. The predicted molar refractivity (Wildman–Crippen MR) is 76.6 cm³/mol. The first-order chi connectivity index (χ1) is 9.65. The van der Waals surface area contributed by atoms with Crippen LogP contribution in [0.1, 0.15) is 15.9 Å². The van der Waals surface area contributed by atoms with Gasteiger partial charge in [-0.3, -0.25) is 9.78 Å². The highest BCUT2D eigenvalue weighted by Gasteiger charge is 2.12. The summed E-state index contributed by atoms with van der Waals surface area (Å²) in [6.07, 6.45) is 1.50. The number of hydrogen-bond donors (Lipinski definition) is 0. The van der Waals surface area contributed by atoms with E-state index in [-0.39, 0.29) is 16.4 Å². The third-order valence-corrected chi connectivity index (χ3v) is 3.34. The molecule has 98 valence electrons. The van der Waals surface area contributed by atoms with E-state index >= 15 is 0 Å². The molecule has 3 rings (SSSR count). The standard InChI is InChI=1S/C16H9ClFNO/c17-13-6-5-11(8-14(13)18)16(20)12-7-10-3-1-2-4-15(10)19-9-12/h1-9H. The molecule has 0 aliphatic rings. The zero-order valence-corrected chi connectivity index (χ0v) is 11.1. The van der Waals surface area contributed by atoms with Crippen molar-refractivity contribution in [2.24, 2.45) is 0 Å². The van der Waals surface area contributed by atoms with Crippen LogP contribution < -0.4 is 0 Å². The van der Waals surface area contributed by atoms with E-state index in [4.69, 9.17) is 11.6 Å². The van der Waals surface area contributed by atoms with E-state index in [1.165, 1.54) is 18.3 Å². The molecule has 0 saturated carbocycles. The largest absolute Gasteiger partial charge is 0.289 e. The summed E-state index contributed by atoms with van der Waals surface area (Å²) in [5.41, 5.74) is 1.49. The van der Waals surface area contributed by atoms with Crippen LogP contribution in [0.3, 0.4) is 0 Å². The van der Waals surface area contributed by atoms with Crippen molar-refractivity contribution in [2.45, 2.75) is 0 Å². The zero-order valence-electron chi connectivity index (χ0n) is 10.3. The Bertz CT molecular complexity index is 816. The average molecular weight is 286 g/mol. The number of halogens is 2. The molecule has 1 aromatic heterocycles. The molecule has 1 heterocycles. The Morgan fingerprint density at radius 2 is 1.85 bits per heavy atom. The van der Waals surface area contributed by atoms with Crippen molar-refractivity contribution >= 4 is 28.3 Å². The van der Waals surface area contributed by atoms with Crippen molar-refractivity contribution < 1.29 is 9.18 Å². The van der Waals surface area contributed by atoms with Crippen molar-refractivity contribution in [2.75, 3.05) is 0 Å². The molecular formula is C16H9ClFNO. The van der Waals surface area contributed by atoms with E-state index in [1.54, 1.807) is 6.07 Å². The summed E-state index contributed by atoms with van der Waals surface area (Å²) < 4.78 is 13.4. The van der Waals surface area contributed by atoms with Gasteiger partial charge in [-0.05, 0) is 30.3 Å². The van der Waals surface area contributed by atoms with E-state index in [9.17, 15) is 9.18 Å². The van der Waals surface area contributed by atoms with Gasteiger partial charge >= 0.3 is 0 Å². The molecule has 0 aliphatic heterocycles. The van der Waals surface area contributed by atoms with E-state index in [1.807, 2.05) is 24.3 Å². The molecule has 0 spiro atoms. The summed E-state index contributed by atoms with van der Waals surface area (Å²) in [6, 6.07) is 13.3. The van der Waals surface area contributed by atoms with Gasteiger partial charge < -0.3 is 0 Å². The molecule has 0 unspecified atom stereocenters. The fourth-order valence-electron chi connectivity index (χ4n) is 2.00. The van der Waals surface area contributed by atoms with E-state index in [0.717, 1.165) is 17.0 Å². The van der Waals surface area contributed by atoms with Gasteiger partial charge in [0, 0.05) is 22.7 Å². The minimum atomic E-state index is -0.605. The molecule has 0 bridgehead atoms. The van der Waals surface area contributed by atoms with E-state index in [0.29, 0.717) is 5.56 Å². The van der Waals surface area contributed by atoms with Gasteiger partial charge in [-0.1, -0.05) is 29.8 Å². The lowest BCUT2D eigenvalue weighted by atomic mass is 10.0. The van der Waals surface area contributed by atoms with Crippen LogP contribution in [0.25, 0.3) is 10.9 Å². The first kappa shape index (κ1) is 12.8. The molecule has 0 atom stereocenters. The number of para-hydroxylation sites is 1. The first-order valence-corrected chi connectivity index (χ1v) is 6.37. The summed E-state index contributed by atoms with van der Waals surface area (Å²) in [5.74, 6) is -0.884. The Balaban J connectivity index is 2.05. The zero-order chi connectivity index (χ0) is 14.1. The second kappa shape index (κ2) is 5.02. The number of carbonyl (C=O) groups excluding carboxylic acids is 1. The van der Waals surface area contributed by atoms with Crippen molar-refractivity contribution in [1.82, 2.24) is 4.98 Å². The lowest BCUT2D eigenvalue weighted by Gasteiger charge is -2.04. The van der Waals surface area contributed by atoms with Crippen LogP contribution in [0.5, 0.6) is 0 Å². The van der Waals surface area contributed by atoms with Gasteiger partial charge in [0.05, 0.1) is 10.5 Å². The molecule has 4 heteroatoms. The fourth-order valence-corrected chi connectivity index (χ4v) is 2.12. The molecule has 0 amide bonds. The second-order valence-electron chi connectivity index (χ2n) is 4.37. The number of ketones is 1. The van der Waals surface area contributed by atoms with Gasteiger partial charge in [-0.15, -0.1) is 0 Å². The topological polar surface area (TPSA) is 30.0 Å². The fraction of sp³-hybridized carbons (Fsp3) is 0. The highest BCUT2D eigenvalue weighted by Crippen LogP contribution is 2.19. The SMILES string of the molecule is O=C(c1ccc(Cl)c(F)c1)c1cnc2ccccc2c1. The van der Waals surface area contributed by atoms with E-state index < -0.39 is 5.82 Å². The summed E-state index contributed by atoms with van der Waals surface area (Å²) in [5, 5.41) is 0.867. The Labute approximate surface area is 119 Å². The number of rotatable bonds is 2. The van der Waals surface area contributed by atoms with Crippen LogP contribution in [0.15, 0.2) is 54.7 Å². The van der Waals surface area contributed by atoms with Crippen molar-refractivity contribution in [1.29, 1.82) is 0 Å². The van der Waals surface area contributed by atoms with Crippen molar-refractivity contribution in [3.05, 3.63) is 76.7 Å². The monoisotopic (exact) mass is 285 g/mol. The molecule has 2 aromatic carbocycles.